The van der Waals surface area contributed by atoms with Gasteiger partial charge < -0.3 is 9.47 Å². The maximum absolute atomic E-state index is 12.7. The molecule has 0 aromatic heterocycles. The number of unbranched alkanes of at least 4 members (excludes halogenated alkanes) is 6. The molecule has 0 saturated carbocycles. The van der Waals surface area contributed by atoms with Crippen LogP contribution in [0.2, 0.25) is 0 Å². The summed E-state index contributed by atoms with van der Waals surface area (Å²) in [6.07, 6.45) is 9.49. The molecule has 2 aromatic rings. The Morgan fingerprint density at radius 3 is 1.36 bits per heavy atom. The third-order valence-electron chi connectivity index (χ3n) is 4.77. The zero-order valence-corrected chi connectivity index (χ0v) is 17.4. The van der Waals surface area contributed by atoms with Gasteiger partial charge in [0.2, 0.25) is 0 Å². The monoisotopic (exact) mass is 382 g/mol. The Kier molecular flexibility index (Phi) is 10.2. The largest absolute Gasteiger partial charge is 0.494 e. The third-order valence-corrected chi connectivity index (χ3v) is 4.77. The van der Waals surface area contributed by atoms with Crippen LogP contribution in [0.5, 0.6) is 11.5 Å². The topological polar surface area (TPSA) is 35.5 Å². The fourth-order valence-corrected chi connectivity index (χ4v) is 3.01. The van der Waals surface area contributed by atoms with Crippen molar-refractivity contribution in [2.24, 2.45) is 0 Å². The molecule has 0 saturated heterocycles. The number of ketones is 1. The molecule has 0 aliphatic carbocycles. The maximum atomic E-state index is 12.7. The van der Waals surface area contributed by atoms with Crippen LogP contribution >= 0.6 is 0 Å². The molecule has 0 radical (unpaired) electrons. The van der Waals surface area contributed by atoms with Crippen LogP contribution < -0.4 is 9.47 Å². The van der Waals surface area contributed by atoms with Gasteiger partial charge in [0.25, 0.3) is 0 Å². The zero-order valence-electron chi connectivity index (χ0n) is 17.4. The summed E-state index contributed by atoms with van der Waals surface area (Å²) in [7, 11) is 0. The average Bonchev–Trinajstić information content (AvgIpc) is 2.74. The summed E-state index contributed by atoms with van der Waals surface area (Å²) in [4.78, 5) is 12.7. The van der Waals surface area contributed by atoms with Crippen molar-refractivity contribution < 1.29 is 14.3 Å². The van der Waals surface area contributed by atoms with Crippen LogP contribution in [0.25, 0.3) is 0 Å². The summed E-state index contributed by atoms with van der Waals surface area (Å²) < 4.78 is 11.5. The molecule has 0 atom stereocenters. The molecule has 3 heteroatoms. The van der Waals surface area contributed by atoms with Gasteiger partial charge in [-0.1, -0.05) is 52.4 Å². The molecule has 152 valence electrons. The molecule has 0 amide bonds. The molecule has 0 fully saturated rings. The molecular formula is C25H34O3. The second kappa shape index (κ2) is 13.0. The Morgan fingerprint density at radius 1 is 0.607 bits per heavy atom. The lowest BCUT2D eigenvalue weighted by Gasteiger charge is -2.08. The molecule has 0 aliphatic heterocycles. The van der Waals surface area contributed by atoms with E-state index in [1.165, 1.54) is 38.5 Å². The van der Waals surface area contributed by atoms with E-state index in [2.05, 4.69) is 13.8 Å². The fraction of sp³-hybridized carbons (Fsp3) is 0.480. The first kappa shape index (κ1) is 22.0. The lowest BCUT2D eigenvalue weighted by Crippen LogP contribution is -2.03. The molecule has 0 heterocycles. The average molecular weight is 383 g/mol. The van der Waals surface area contributed by atoms with Crippen LogP contribution in [0.4, 0.5) is 0 Å². The minimum Gasteiger partial charge on any atom is -0.494 e. The van der Waals surface area contributed by atoms with E-state index in [9.17, 15) is 4.79 Å². The first-order valence-corrected chi connectivity index (χ1v) is 10.7. The van der Waals surface area contributed by atoms with Crippen molar-refractivity contribution in [3.05, 3.63) is 59.7 Å². The number of hydrogen-bond donors (Lipinski definition) is 0. The lowest BCUT2D eigenvalue weighted by atomic mass is 10.0. The molecule has 0 bridgehead atoms. The van der Waals surface area contributed by atoms with Gasteiger partial charge in [-0.2, -0.15) is 0 Å². The van der Waals surface area contributed by atoms with Crippen molar-refractivity contribution in [1.82, 2.24) is 0 Å². The zero-order chi connectivity index (χ0) is 20.0. The van der Waals surface area contributed by atoms with Crippen LogP contribution in [0.15, 0.2) is 48.5 Å². The predicted molar refractivity (Wildman–Crippen MR) is 116 cm³/mol. The molecule has 0 aliphatic rings. The van der Waals surface area contributed by atoms with Crippen LogP contribution in [0, 0.1) is 0 Å². The second-order valence-corrected chi connectivity index (χ2v) is 7.20. The highest BCUT2D eigenvalue weighted by Gasteiger charge is 2.09. The molecule has 3 nitrogen and oxygen atoms in total. The molecule has 2 rings (SSSR count). The summed E-state index contributed by atoms with van der Waals surface area (Å²) in [5.74, 6) is 1.66. The van der Waals surface area contributed by atoms with E-state index >= 15 is 0 Å². The number of benzene rings is 2. The molecule has 0 spiro atoms. The normalized spacial score (nSPS) is 10.6. The lowest BCUT2D eigenvalue weighted by molar-refractivity contribution is 0.103. The van der Waals surface area contributed by atoms with Crippen molar-refractivity contribution in [3.8, 4) is 11.5 Å². The van der Waals surface area contributed by atoms with Gasteiger partial charge >= 0.3 is 0 Å². The highest BCUT2D eigenvalue weighted by atomic mass is 16.5. The number of carbonyl (C=O) groups is 1. The summed E-state index contributed by atoms with van der Waals surface area (Å²) in [6, 6.07) is 14.8. The van der Waals surface area contributed by atoms with Gasteiger partial charge in [-0.15, -0.1) is 0 Å². The molecular weight excluding hydrogens is 348 g/mol. The van der Waals surface area contributed by atoms with Crippen molar-refractivity contribution in [1.29, 1.82) is 0 Å². The Balaban J connectivity index is 1.80. The fourth-order valence-electron chi connectivity index (χ4n) is 3.01. The van der Waals surface area contributed by atoms with Gasteiger partial charge in [0.1, 0.15) is 11.5 Å². The minimum atomic E-state index is 0.0176. The smallest absolute Gasteiger partial charge is 0.193 e. The highest BCUT2D eigenvalue weighted by molar-refractivity contribution is 6.09. The van der Waals surface area contributed by atoms with Gasteiger partial charge in [-0.25, -0.2) is 0 Å². The van der Waals surface area contributed by atoms with E-state index in [-0.39, 0.29) is 5.78 Å². The third kappa shape index (κ3) is 7.75. The van der Waals surface area contributed by atoms with Crippen LogP contribution in [-0.4, -0.2) is 19.0 Å². The number of ether oxygens (including phenoxy) is 2. The molecule has 0 N–H and O–H groups in total. The summed E-state index contributed by atoms with van der Waals surface area (Å²) in [6.45, 7) is 5.86. The van der Waals surface area contributed by atoms with E-state index in [1.54, 1.807) is 0 Å². The molecule has 0 unspecified atom stereocenters. The highest BCUT2D eigenvalue weighted by Crippen LogP contribution is 2.18. The van der Waals surface area contributed by atoms with Crippen LogP contribution in [-0.2, 0) is 0 Å². The first-order valence-electron chi connectivity index (χ1n) is 10.7. The van der Waals surface area contributed by atoms with Gasteiger partial charge in [0, 0.05) is 11.1 Å². The Labute approximate surface area is 170 Å². The van der Waals surface area contributed by atoms with Gasteiger partial charge in [0.15, 0.2) is 5.78 Å². The van der Waals surface area contributed by atoms with E-state index < -0.39 is 0 Å². The summed E-state index contributed by atoms with van der Waals surface area (Å²) >= 11 is 0. The van der Waals surface area contributed by atoms with Gasteiger partial charge in [0.05, 0.1) is 13.2 Å². The van der Waals surface area contributed by atoms with Gasteiger partial charge in [-0.3, -0.25) is 4.79 Å². The van der Waals surface area contributed by atoms with E-state index in [0.717, 1.165) is 37.6 Å². The minimum absolute atomic E-state index is 0.0176. The van der Waals surface area contributed by atoms with Crippen LogP contribution in [0.1, 0.15) is 81.1 Å². The first-order chi connectivity index (χ1) is 13.7. The molecule has 2 aromatic carbocycles. The quantitative estimate of drug-likeness (QED) is 0.265. The van der Waals surface area contributed by atoms with Crippen molar-refractivity contribution in [3.63, 3.8) is 0 Å². The summed E-state index contributed by atoms with van der Waals surface area (Å²) in [5.41, 5.74) is 1.35. The van der Waals surface area contributed by atoms with E-state index in [1.807, 2.05) is 48.5 Å². The van der Waals surface area contributed by atoms with Crippen molar-refractivity contribution in [2.75, 3.05) is 13.2 Å². The van der Waals surface area contributed by atoms with Crippen molar-refractivity contribution in [2.45, 2.75) is 65.2 Å². The van der Waals surface area contributed by atoms with Gasteiger partial charge in [-0.05, 0) is 61.4 Å². The standard InChI is InChI=1S/C25H34O3/c1-3-5-7-9-19-27-23-15-11-21(12-16-23)25(26)22-13-17-24(18-14-22)28-20-10-8-6-4-2/h11-18H,3-10,19-20H2,1-2H3. The molecule has 28 heavy (non-hydrogen) atoms. The number of hydrogen-bond acceptors (Lipinski definition) is 3. The summed E-state index contributed by atoms with van der Waals surface area (Å²) in [5, 5.41) is 0. The van der Waals surface area contributed by atoms with Crippen molar-refractivity contribution >= 4 is 5.78 Å². The Morgan fingerprint density at radius 2 is 1.00 bits per heavy atom. The maximum Gasteiger partial charge on any atom is 0.193 e. The number of carbonyl (C=O) groups excluding carboxylic acids is 1. The Hall–Kier alpha value is -2.29. The number of rotatable bonds is 14. The van der Waals surface area contributed by atoms with Crippen LogP contribution in [0.3, 0.4) is 0 Å². The second-order valence-electron chi connectivity index (χ2n) is 7.20. The Bertz CT molecular complexity index is 614. The van der Waals surface area contributed by atoms with E-state index in [4.69, 9.17) is 9.47 Å². The van der Waals surface area contributed by atoms with E-state index in [0.29, 0.717) is 11.1 Å². The predicted octanol–water partition coefficient (Wildman–Crippen LogP) is 6.84. The SMILES string of the molecule is CCCCCCOc1ccc(C(=O)c2ccc(OCCCCCC)cc2)cc1.